The van der Waals surface area contributed by atoms with Gasteiger partial charge in [0.1, 0.15) is 18.0 Å². The molecule has 150 valence electrons. The minimum absolute atomic E-state index is 0.0350. The zero-order valence-electron chi connectivity index (χ0n) is 15.7. The number of nitrogens with one attached hydrogen (secondary N) is 1. The van der Waals surface area contributed by atoms with Gasteiger partial charge in [-0.25, -0.2) is 8.42 Å². The van der Waals surface area contributed by atoms with Crippen molar-refractivity contribution in [2.24, 2.45) is 0 Å². The van der Waals surface area contributed by atoms with E-state index < -0.39 is 28.5 Å². The van der Waals surface area contributed by atoms with E-state index in [1.165, 1.54) is 12.1 Å². The van der Waals surface area contributed by atoms with E-state index in [9.17, 15) is 18.0 Å². The normalized spacial score (nSPS) is 11.2. The third-order valence-corrected chi connectivity index (χ3v) is 5.44. The van der Waals surface area contributed by atoms with Crippen LogP contribution in [0.2, 0.25) is 0 Å². The highest BCUT2D eigenvalue weighted by Gasteiger charge is 2.20. The van der Waals surface area contributed by atoms with Crippen LogP contribution in [0.1, 0.15) is 12.7 Å². The molecule has 9 heteroatoms. The standard InChI is InChI=1S/C20H18N2O6S/c1-13-19(20(22-28-13)16-6-4-3-5-7-16)15-8-10-17(11-9-15)29(25,26)21-12-18(24)27-14(2)23/h3-11,21H,12H2,1-2H3. The monoisotopic (exact) mass is 414 g/mol. The molecular formula is C20H18N2O6S. The number of carbonyl (C=O) groups is 2. The number of carbonyl (C=O) groups excluding carboxylic acids is 2. The Bertz CT molecular complexity index is 1140. The summed E-state index contributed by atoms with van der Waals surface area (Å²) >= 11 is 0. The lowest BCUT2D eigenvalue weighted by molar-refractivity contribution is -0.157. The van der Waals surface area contributed by atoms with E-state index in [0.717, 1.165) is 23.6 Å². The van der Waals surface area contributed by atoms with Crippen molar-refractivity contribution in [3.8, 4) is 22.4 Å². The van der Waals surface area contributed by atoms with Crippen LogP contribution < -0.4 is 4.72 Å². The lowest BCUT2D eigenvalue weighted by Crippen LogP contribution is -2.31. The number of aromatic nitrogens is 1. The molecule has 1 N–H and O–H groups in total. The molecule has 3 rings (SSSR count). The number of hydrogen-bond acceptors (Lipinski definition) is 7. The van der Waals surface area contributed by atoms with E-state index in [1.54, 1.807) is 19.1 Å². The molecule has 0 saturated carbocycles. The molecule has 0 aliphatic carbocycles. The number of nitrogens with zero attached hydrogens (tertiary/aromatic N) is 1. The highest BCUT2D eigenvalue weighted by Crippen LogP contribution is 2.34. The van der Waals surface area contributed by atoms with E-state index in [0.29, 0.717) is 11.5 Å². The highest BCUT2D eigenvalue weighted by molar-refractivity contribution is 7.89. The van der Waals surface area contributed by atoms with Gasteiger partial charge in [0.15, 0.2) is 0 Å². The molecule has 8 nitrogen and oxygen atoms in total. The van der Waals surface area contributed by atoms with Crippen LogP contribution in [0.3, 0.4) is 0 Å². The van der Waals surface area contributed by atoms with Crippen LogP contribution in [0.15, 0.2) is 64.0 Å². The molecule has 0 aliphatic rings. The Morgan fingerprint density at radius 2 is 1.69 bits per heavy atom. The Hall–Kier alpha value is -3.30. The van der Waals surface area contributed by atoms with Crippen molar-refractivity contribution in [2.75, 3.05) is 6.54 Å². The highest BCUT2D eigenvalue weighted by atomic mass is 32.2. The Morgan fingerprint density at radius 3 is 2.31 bits per heavy atom. The van der Waals surface area contributed by atoms with Crippen LogP contribution in [0.4, 0.5) is 0 Å². The Balaban J connectivity index is 1.84. The SMILES string of the molecule is CC(=O)OC(=O)CNS(=O)(=O)c1ccc(-c2c(-c3ccccc3)noc2C)cc1. The van der Waals surface area contributed by atoms with Crippen LogP contribution in [0, 0.1) is 6.92 Å². The average molecular weight is 414 g/mol. The van der Waals surface area contributed by atoms with Crippen LogP contribution in [0.5, 0.6) is 0 Å². The molecule has 0 bridgehead atoms. The molecule has 0 spiro atoms. The first kappa shape index (κ1) is 20.4. The molecular weight excluding hydrogens is 396 g/mol. The largest absolute Gasteiger partial charge is 0.392 e. The van der Waals surface area contributed by atoms with E-state index in [-0.39, 0.29) is 4.90 Å². The van der Waals surface area contributed by atoms with Gasteiger partial charge in [-0.3, -0.25) is 9.59 Å². The summed E-state index contributed by atoms with van der Waals surface area (Å²) in [6.45, 7) is 2.19. The minimum Gasteiger partial charge on any atom is -0.392 e. The van der Waals surface area contributed by atoms with Gasteiger partial charge in [-0.15, -0.1) is 0 Å². The molecule has 29 heavy (non-hydrogen) atoms. The lowest BCUT2D eigenvalue weighted by atomic mass is 10.00. The predicted octanol–water partition coefficient (Wildman–Crippen LogP) is 2.69. The van der Waals surface area contributed by atoms with Gasteiger partial charge in [0.25, 0.3) is 0 Å². The Labute approximate surface area is 167 Å². The van der Waals surface area contributed by atoms with Crippen LogP contribution in [-0.4, -0.2) is 32.1 Å². The summed E-state index contributed by atoms with van der Waals surface area (Å²) in [6, 6.07) is 15.6. The van der Waals surface area contributed by atoms with Gasteiger partial charge in [-0.1, -0.05) is 47.6 Å². The Kier molecular flexibility index (Phi) is 5.90. The summed E-state index contributed by atoms with van der Waals surface area (Å²) in [7, 11) is -3.95. The van der Waals surface area contributed by atoms with Crippen LogP contribution in [-0.2, 0) is 24.3 Å². The number of rotatable bonds is 6. The van der Waals surface area contributed by atoms with Gasteiger partial charge in [-0.05, 0) is 24.6 Å². The second-order valence-corrected chi connectivity index (χ2v) is 7.91. The molecule has 1 aromatic heterocycles. The van der Waals surface area contributed by atoms with Gasteiger partial charge in [0, 0.05) is 12.5 Å². The van der Waals surface area contributed by atoms with Crippen molar-refractivity contribution in [2.45, 2.75) is 18.7 Å². The molecule has 0 fully saturated rings. The Morgan fingerprint density at radius 1 is 1.03 bits per heavy atom. The van der Waals surface area contributed by atoms with E-state index in [1.807, 2.05) is 30.3 Å². The molecule has 0 saturated heterocycles. The summed E-state index contributed by atoms with van der Waals surface area (Å²) in [4.78, 5) is 22.1. The third-order valence-electron chi connectivity index (χ3n) is 4.03. The second-order valence-electron chi connectivity index (χ2n) is 6.14. The fourth-order valence-electron chi connectivity index (χ4n) is 2.74. The van der Waals surface area contributed by atoms with Gasteiger partial charge < -0.3 is 9.26 Å². The van der Waals surface area contributed by atoms with Crippen molar-refractivity contribution in [1.82, 2.24) is 9.88 Å². The van der Waals surface area contributed by atoms with Crippen molar-refractivity contribution in [3.05, 3.63) is 60.4 Å². The number of hydrogen-bond donors (Lipinski definition) is 1. The number of aryl methyl sites for hydroxylation is 1. The van der Waals surface area contributed by atoms with Crippen molar-refractivity contribution in [1.29, 1.82) is 0 Å². The molecule has 2 aromatic carbocycles. The fraction of sp³-hybridized carbons (Fsp3) is 0.150. The maximum absolute atomic E-state index is 12.3. The third kappa shape index (κ3) is 4.76. The minimum atomic E-state index is -3.95. The molecule has 0 radical (unpaired) electrons. The quantitative estimate of drug-likeness (QED) is 0.487. The van der Waals surface area contributed by atoms with Crippen molar-refractivity contribution in [3.63, 3.8) is 0 Å². The first-order valence-corrected chi connectivity index (χ1v) is 10.1. The number of sulfonamides is 1. The summed E-state index contributed by atoms with van der Waals surface area (Å²) in [5.74, 6) is -1.19. The smallest absolute Gasteiger partial charge is 0.328 e. The first-order valence-electron chi connectivity index (χ1n) is 8.61. The molecule has 0 amide bonds. The van der Waals surface area contributed by atoms with Crippen LogP contribution >= 0.6 is 0 Å². The topological polar surface area (TPSA) is 116 Å². The number of ether oxygens (including phenoxy) is 1. The number of benzene rings is 2. The lowest BCUT2D eigenvalue weighted by Gasteiger charge is -2.08. The number of esters is 2. The van der Waals surface area contributed by atoms with Gasteiger partial charge in [0.05, 0.1) is 10.5 Å². The molecule has 0 unspecified atom stereocenters. The van der Waals surface area contributed by atoms with Crippen molar-refractivity contribution < 1.29 is 27.3 Å². The fourth-order valence-corrected chi connectivity index (χ4v) is 3.71. The molecule has 1 heterocycles. The maximum Gasteiger partial charge on any atom is 0.328 e. The zero-order valence-corrected chi connectivity index (χ0v) is 16.5. The van der Waals surface area contributed by atoms with Gasteiger partial charge in [-0.2, -0.15) is 4.72 Å². The predicted molar refractivity (Wildman–Crippen MR) is 104 cm³/mol. The van der Waals surface area contributed by atoms with Crippen LogP contribution in [0.25, 0.3) is 22.4 Å². The van der Waals surface area contributed by atoms with E-state index in [4.69, 9.17) is 4.52 Å². The molecule has 0 aliphatic heterocycles. The summed E-state index contributed by atoms with van der Waals surface area (Å²) in [5.41, 5.74) is 3.03. The van der Waals surface area contributed by atoms with Crippen molar-refractivity contribution >= 4 is 22.0 Å². The first-order chi connectivity index (χ1) is 13.8. The molecule has 3 aromatic rings. The maximum atomic E-state index is 12.3. The van der Waals surface area contributed by atoms with Gasteiger partial charge in [0.2, 0.25) is 10.0 Å². The molecule has 0 atom stereocenters. The summed E-state index contributed by atoms with van der Waals surface area (Å²) in [6.07, 6.45) is 0. The average Bonchev–Trinajstić information content (AvgIpc) is 3.08. The zero-order chi connectivity index (χ0) is 21.0. The summed E-state index contributed by atoms with van der Waals surface area (Å²) < 4.78 is 36.4. The summed E-state index contributed by atoms with van der Waals surface area (Å²) in [5, 5.41) is 4.12. The van der Waals surface area contributed by atoms with E-state index in [2.05, 4.69) is 14.6 Å². The van der Waals surface area contributed by atoms with Gasteiger partial charge >= 0.3 is 11.9 Å². The van der Waals surface area contributed by atoms with E-state index >= 15 is 0 Å². The second kappa shape index (κ2) is 8.38.